The number of alkyl halides is 2. The predicted octanol–water partition coefficient (Wildman–Crippen LogP) is 2.52. The van der Waals surface area contributed by atoms with E-state index in [1.807, 2.05) is 0 Å². The molecule has 0 aromatic heterocycles. The van der Waals surface area contributed by atoms with Gasteiger partial charge in [0.25, 0.3) is 0 Å². The van der Waals surface area contributed by atoms with Gasteiger partial charge in [0.05, 0.1) is 0 Å². The molecule has 70 valence electrons. The SMILES string of the molecule is CC(C)(C)N1CC2C(C1)C2(Cl)Cl. The van der Waals surface area contributed by atoms with Gasteiger partial charge in [-0.05, 0) is 20.8 Å². The minimum absolute atomic E-state index is 0.275. The molecule has 2 fully saturated rings. The second kappa shape index (κ2) is 2.31. The summed E-state index contributed by atoms with van der Waals surface area (Å²) in [5, 5.41) is 0. The molecule has 0 aromatic rings. The number of nitrogens with zero attached hydrogens (tertiary/aromatic N) is 1. The van der Waals surface area contributed by atoms with E-state index >= 15 is 0 Å². The molecular formula is C9H15Cl2N. The van der Waals surface area contributed by atoms with Crippen molar-refractivity contribution in [3.63, 3.8) is 0 Å². The van der Waals surface area contributed by atoms with Crippen LogP contribution in [0.2, 0.25) is 0 Å². The highest BCUT2D eigenvalue weighted by Crippen LogP contribution is 2.63. The Morgan fingerprint density at radius 1 is 1.17 bits per heavy atom. The zero-order chi connectivity index (χ0) is 9.15. The molecule has 1 saturated carbocycles. The van der Waals surface area contributed by atoms with Gasteiger partial charge in [-0.25, -0.2) is 0 Å². The van der Waals surface area contributed by atoms with E-state index in [9.17, 15) is 0 Å². The lowest BCUT2D eigenvalue weighted by atomic mass is 10.1. The van der Waals surface area contributed by atoms with Gasteiger partial charge in [0.1, 0.15) is 4.33 Å². The molecule has 1 saturated heterocycles. The number of hydrogen-bond acceptors (Lipinski definition) is 1. The van der Waals surface area contributed by atoms with Gasteiger partial charge in [0, 0.05) is 30.5 Å². The summed E-state index contributed by atoms with van der Waals surface area (Å²) in [5.41, 5.74) is 0.275. The first kappa shape index (κ1) is 9.11. The van der Waals surface area contributed by atoms with E-state index in [1.165, 1.54) is 0 Å². The van der Waals surface area contributed by atoms with E-state index in [-0.39, 0.29) is 9.87 Å². The molecule has 0 spiro atoms. The lowest BCUT2D eigenvalue weighted by Crippen LogP contribution is -2.42. The molecule has 0 N–H and O–H groups in total. The largest absolute Gasteiger partial charge is 0.298 e. The maximum Gasteiger partial charge on any atom is 0.127 e. The first-order valence-electron chi connectivity index (χ1n) is 4.46. The van der Waals surface area contributed by atoms with Gasteiger partial charge in [-0.15, -0.1) is 23.2 Å². The van der Waals surface area contributed by atoms with Crippen LogP contribution in [0.3, 0.4) is 0 Å². The van der Waals surface area contributed by atoms with Crippen LogP contribution in [0.1, 0.15) is 20.8 Å². The molecule has 2 atom stereocenters. The summed E-state index contributed by atoms with van der Waals surface area (Å²) < 4.78 is -0.387. The van der Waals surface area contributed by atoms with Crippen molar-refractivity contribution in [2.24, 2.45) is 11.8 Å². The molecule has 3 heteroatoms. The average molecular weight is 208 g/mol. The highest BCUT2D eigenvalue weighted by atomic mass is 35.5. The number of rotatable bonds is 0. The van der Waals surface area contributed by atoms with Crippen molar-refractivity contribution in [3.8, 4) is 0 Å². The zero-order valence-electron chi connectivity index (χ0n) is 7.77. The second-order valence-corrected chi connectivity index (χ2v) is 6.41. The molecular weight excluding hydrogens is 193 g/mol. The van der Waals surface area contributed by atoms with E-state index in [4.69, 9.17) is 23.2 Å². The maximum atomic E-state index is 6.06. The quantitative estimate of drug-likeness (QED) is 0.553. The maximum absolute atomic E-state index is 6.06. The van der Waals surface area contributed by atoms with Crippen LogP contribution in [0.15, 0.2) is 0 Å². The molecule has 0 radical (unpaired) electrons. The Morgan fingerprint density at radius 2 is 1.58 bits per heavy atom. The monoisotopic (exact) mass is 207 g/mol. The van der Waals surface area contributed by atoms with E-state index in [1.54, 1.807) is 0 Å². The molecule has 0 aromatic carbocycles. The molecule has 2 aliphatic rings. The van der Waals surface area contributed by atoms with Crippen molar-refractivity contribution in [2.45, 2.75) is 30.6 Å². The Hall–Kier alpha value is 0.540. The topological polar surface area (TPSA) is 3.24 Å². The fourth-order valence-corrected chi connectivity index (χ4v) is 2.81. The molecule has 12 heavy (non-hydrogen) atoms. The smallest absolute Gasteiger partial charge is 0.127 e. The Balaban J connectivity index is 1.99. The Morgan fingerprint density at radius 3 is 1.92 bits per heavy atom. The van der Waals surface area contributed by atoms with Crippen LogP contribution in [-0.4, -0.2) is 27.9 Å². The van der Waals surface area contributed by atoms with Crippen molar-refractivity contribution >= 4 is 23.2 Å². The molecule has 1 heterocycles. The standard InChI is InChI=1S/C9H15Cl2N/c1-8(2,3)12-4-6-7(5-12)9(6,10)11/h6-7H,4-5H2,1-3H3. The molecule has 0 amide bonds. The fraction of sp³-hybridized carbons (Fsp3) is 1.00. The minimum Gasteiger partial charge on any atom is -0.298 e. The predicted molar refractivity (Wildman–Crippen MR) is 52.7 cm³/mol. The van der Waals surface area contributed by atoms with Crippen molar-refractivity contribution in [1.29, 1.82) is 0 Å². The second-order valence-electron chi connectivity index (χ2n) is 4.96. The molecule has 2 unspecified atom stereocenters. The molecule has 2 rings (SSSR count). The molecule has 0 bridgehead atoms. The van der Waals surface area contributed by atoms with Crippen molar-refractivity contribution in [2.75, 3.05) is 13.1 Å². The highest BCUT2D eigenvalue weighted by molar-refractivity contribution is 6.51. The minimum atomic E-state index is -0.387. The summed E-state index contributed by atoms with van der Waals surface area (Å²) in [6.45, 7) is 8.86. The fourth-order valence-electron chi connectivity index (χ4n) is 2.06. The van der Waals surface area contributed by atoms with E-state index in [2.05, 4.69) is 25.7 Å². The van der Waals surface area contributed by atoms with Crippen LogP contribution in [0, 0.1) is 11.8 Å². The zero-order valence-corrected chi connectivity index (χ0v) is 9.28. The van der Waals surface area contributed by atoms with Gasteiger partial charge < -0.3 is 0 Å². The van der Waals surface area contributed by atoms with Crippen molar-refractivity contribution < 1.29 is 0 Å². The van der Waals surface area contributed by atoms with Crippen LogP contribution in [0.25, 0.3) is 0 Å². The number of piperidine rings is 1. The summed E-state index contributed by atoms with van der Waals surface area (Å²) in [6.07, 6.45) is 0. The van der Waals surface area contributed by atoms with Crippen LogP contribution in [0.4, 0.5) is 0 Å². The van der Waals surface area contributed by atoms with Crippen LogP contribution >= 0.6 is 23.2 Å². The summed E-state index contributed by atoms with van der Waals surface area (Å²) in [7, 11) is 0. The summed E-state index contributed by atoms with van der Waals surface area (Å²) in [5.74, 6) is 1.06. The number of likely N-dealkylation sites (tertiary alicyclic amines) is 1. The summed E-state index contributed by atoms with van der Waals surface area (Å²) >= 11 is 12.1. The Bertz CT molecular complexity index is 193. The Kier molecular flexibility index (Phi) is 1.76. The number of fused-ring (bicyclic) bond motifs is 1. The first-order valence-corrected chi connectivity index (χ1v) is 5.22. The van der Waals surface area contributed by atoms with Crippen LogP contribution < -0.4 is 0 Å². The van der Waals surface area contributed by atoms with Gasteiger partial charge in [0.2, 0.25) is 0 Å². The van der Waals surface area contributed by atoms with Gasteiger partial charge >= 0.3 is 0 Å². The molecule has 1 nitrogen and oxygen atoms in total. The number of halogens is 2. The van der Waals surface area contributed by atoms with Crippen molar-refractivity contribution in [3.05, 3.63) is 0 Å². The Labute approximate surface area is 84.0 Å². The van der Waals surface area contributed by atoms with Gasteiger partial charge in [-0.3, -0.25) is 4.90 Å². The van der Waals surface area contributed by atoms with Crippen LogP contribution in [-0.2, 0) is 0 Å². The summed E-state index contributed by atoms with van der Waals surface area (Å²) in [4.78, 5) is 2.46. The number of hydrogen-bond donors (Lipinski definition) is 0. The van der Waals surface area contributed by atoms with Gasteiger partial charge in [-0.2, -0.15) is 0 Å². The highest BCUT2D eigenvalue weighted by Gasteiger charge is 2.67. The normalized spacial score (nSPS) is 39.8. The lowest BCUT2D eigenvalue weighted by molar-refractivity contribution is 0.154. The van der Waals surface area contributed by atoms with E-state index in [0.29, 0.717) is 11.8 Å². The molecule has 1 aliphatic heterocycles. The van der Waals surface area contributed by atoms with E-state index < -0.39 is 0 Å². The molecule has 1 aliphatic carbocycles. The van der Waals surface area contributed by atoms with Gasteiger partial charge in [0.15, 0.2) is 0 Å². The van der Waals surface area contributed by atoms with E-state index in [0.717, 1.165) is 13.1 Å². The third-order valence-electron chi connectivity index (χ3n) is 3.15. The van der Waals surface area contributed by atoms with Crippen molar-refractivity contribution in [1.82, 2.24) is 4.90 Å². The average Bonchev–Trinajstić information content (AvgIpc) is 2.31. The van der Waals surface area contributed by atoms with Gasteiger partial charge in [-0.1, -0.05) is 0 Å². The third kappa shape index (κ3) is 1.18. The summed E-state index contributed by atoms with van der Waals surface area (Å²) in [6, 6.07) is 0. The van der Waals surface area contributed by atoms with Crippen LogP contribution in [0.5, 0.6) is 0 Å². The first-order chi connectivity index (χ1) is 5.33. The third-order valence-corrected chi connectivity index (χ3v) is 4.27. The lowest BCUT2D eigenvalue weighted by Gasteiger charge is -2.34.